The van der Waals surface area contributed by atoms with Crippen molar-refractivity contribution in [3.8, 4) is 17.6 Å². The zero-order valence-corrected chi connectivity index (χ0v) is 36.0. The van der Waals surface area contributed by atoms with Crippen LogP contribution in [0.3, 0.4) is 0 Å². The molecule has 1 aliphatic rings. The average Bonchev–Trinajstić information content (AvgIpc) is 3.81. The second kappa shape index (κ2) is 19.9. The molecule has 15 nitrogen and oxygen atoms in total. The fourth-order valence-electron chi connectivity index (χ4n) is 7.19. The predicted molar refractivity (Wildman–Crippen MR) is 227 cm³/mol. The maximum atomic E-state index is 17.6. The Hall–Kier alpha value is -5.27. The van der Waals surface area contributed by atoms with Gasteiger partial charge in [0.05, 0.1) is 52.6 Å². The van der Waals surface area contributed by atoms with E-state index in [-0.39, 0.29) is 48.8 Å². The fourth-order valence-corrected chi connectivity index (χ4v) is 8.96. The van der Waals surface area contributed by atoms with Gasteiger partial charge in [-0.1, -0.05) is 54.6 Å². The van der Waals surface area contributed by atoms with Crippen LogP contribution in [0.5, 0.6) is 11.5 Å². The molecule has 3 aromatic carbocycles. The van der Waals surface area contributed by atoms with E-state index in [0.29, 0.717) is 11.5 Å². The molecule has 17 heteroatoms. The molecule has 1 saturated heterocycles. The molecule has 0 radical (unpaired) electrons. The lowest BCUT2D eigenvalue weighted by Crippen LogP contribution is -2.41. The third-order valence-corrected chi connectivity index (χ3v) is 12.0. The Morgan fingerprint density at radius 2 is 1.58 bits per heavy atom. The van der Waals surface area contributed by atoms with Gasteiger partial charge in [0, 0.05) is 26.2 Å². The van der Waals surface area contributed by atoms with E-state index >= 15 is 4.39 Å². The summed E-state index contributed by atoms with van der Waals surface area (Å²) >= 11 is 0. The number of alkyl halides is 1. The van der Waals surface area contributed by atoms with E-state index in [9.17, 15) is 10.1 Å². The van der Waals surface area contributed by atoms with Crippen LogP contribution in [0.2, 0.25) is 0 Å². The molecule has 0 amide bonds. The van der Waals surface area contributed by atoms with Crippen molar-refractivity contribution in [2.45, 2.75) is 76.4 Å². The summed E-state index contributed by atoms with van der Waals surface area (Å²) in [4.78, 5) is 30.6. The van der Waals surface area contributed by atoms with Crippen molar-refractivity contribution in [3.63, 3.8) is 0 Å². The molecule has 318 valence electrons. The molecule has 0 spiro atoms. The van der Waals surface area contributed by atoms with Crippen LogP contribution in [0.15, 0.2) is 95.0 Å². The number of aliphatic imine (C=N–C) groups is 1. The summed E-state index contributed by atoms with van der Waals surface area (Å²) < 4.78 is 58.9. The van der Waals surface area contributed by atoms with Gasteiger partial charge >= 0.3 is 0 Å². The van der Waals surface area contributed by atoms with Crippen LogP contribution in [-0.4, -0.2) is 107 Å². The zero-order valence-electron chi connectivity index (χ0n) is 35.1. The molecule has 5 atom stereocenters. The first-order valence-electron chi connectivity index (χ1n) is 19.6. The first kappa shape index (κ1) is 44.3. The molecular formula is C43H52FN8O7P. The number of aromatic amines is 1. The van der Waals surface area contributed by atoms with Crippen molar-refractivity contribution in [1.29, 1.82) is 5.26 Å². The number of nitriles is 1. The van der Waals surface area contributed by atoms with Crippen LogP contribution >= 0.6 is 8.53 Å². The molecule has 60 heavy (non-hydrogen) atoms. The highest BCUT2D eigenvalue weighted by molar-refractivity contribution is 7.44. The lowest BCUT2D eigenvalue weighted by molar-refractivity contribution is -0.0919. The van der Waals surface area contributed by atoms with Gasteiger partial charge in [0.15, 0.2) is 23.6 Å². The average molecular weight is 843 g/mol. The fraction of sp³-hybridized carbons (Fsp3) is 0.419. The van der Waals surface area contributed by atoms with Crippen molar-refractivity contribution in [2.24, 2.45) is 4.99 Å². The number of methoxy groups -OCH3 is 2. The van der Waals surface area contributed by atoms with Crippen molar-refractivity contribution < 1.29 is 32.4 Å². The Morgan fingerprint density at radius 3 is 2.13 bits per heavy atom. The number of imidazole rings is 1. The summed E-state index contributed by atoms with van der Waals surface area (Å²) in [6, 6.07) is 26.9. The molecule has 0 aliphatic carbocycles. The quantitative estimate of drug-likeness (QED) is 0.0292. The molecule has 6 rings (SSSR count). The Morgan fingerprint density at radius 1 is 0.983 bits per heavy atom. The van der Waals surface area contributed by atoms with E-state index in [1.54, 1.807) is 33.2 Å². The number of hydrogen-bond donors (Lipinski definition) is 1. The maximum Gasteiger partial charge on any atom is 0.280 e. The molecule has 2 aromatic heterocycles. The number of H-pyrrole nitrogens is 1. The van der Waals surface area contributed by atoms with E-state index in [1.165, 1.54) is 17.2 Å². The number of halogens is 1. The van der Waals surface area contributed by atoms with Crippen LogP contribution < -0.4 is 15.0 Å². The molecule has 0 bridgehead atoms. The minimum absolute atomic E-state index is 0.00888. The smallest absolute Gasteiger partial charge is 0.280 e. The lowest BCUT2D eigenvalue weighted by Gasteiger charge is -2.39. The molecule has 1 fully saturated rings. The summed E-state index contributed by atoms with van der Waals surface area (Å²) in [5.74, 6) is 1.33. The Balaban J connectivity index is 1.48. The number of aromatic nitrogens is 4. The highest BCUT2D eigenvalue weighted by atomic mass is 31.2. The van der Waals surface area contributed by atoms with Gasteiger partial charge in [0.1, 0.15) is 29.3 Å². The van der Waals surface area contributed by atoms with Gasteiger partial charge in [0.25, 0.3) is 14.1 Å². The monoisotopic (exact) mass is 842 g/mol. The van der Waals surface area contributed by atoms with E-state index in [0.717, 1.165) is 16.7 Å². The molecule has 1 N–H and O–H groups in total. The molecule has 3 heterocycles. The van der Waals surface area contributed by atoms with Gasteiger partial charge in [-0.15, -0.1) is 0 Å². The van der Waals surface area contributed by atoms with Crippen molar-refractivity contribution >= 4 is 32.0 Å². The summed E-state index contributed by atoms with van der Waals surface area (Å²) in [7, 11) is 4.83. The van der Waals surface area contributed by atoms with Crippen molar-refractivity contribution in [2.75, 3.05) is 41.5 Å². The maximum absolute atomic E-state index is 17.6. The van der Waals surface area contributed by atoms with Gasteiger partial charge in [-0.2, -0.15) is 10.2 Å². The number of hydrogen-bond acceptors (Lipinski definition) is 12. The molecule has 1 unspecified atom stereocenters. The summed E-state index contributed by atoms with van der Waals surface area (Å²) in [5, 5.41) is 9.38. The van der Waals surface area contributed by atoms with E-state index in [4.69, 9.17) is 28.0 Å². The van der Waals surface area contributed by atoms with Gasteiger partial charge in [-0.3, -0.25) is 14.3 Å². The van der Waals surface area contributed by atoms with Crippen molar-refractivity contribution in [3.05, 3.63) is 112 Å². The number of benzene rings is 3. The Labute approximate surface area is 350 Å². The molecule has 5 aromatic rings. The topological polar surface area (TPSA) is 162 Å². The van der Waals surface area contributed by atoms with Gasteiger partial charge in [0.2, 0.25) is 5.95 Å². The van der Waals surface area contributed by atoms with Gasteiger partial charge in [-0.25, -0.2) is 19.0 Å². The standard InChI is InChI=1S/C43H52FN8O7P/c1-28(2)52(29(3)4)60(57-24-12-23-45)59-38-35(58-41(36(38)44)51-27-46-37-39(51)48-42(49-40(37)53)47-26-50(5)6)25-56-43(30-13-10-9-11-14-30,31-15-19-33(54-7)20-16-31)32-17-21-34(55-8)22-18-32/h9-11,13-22,26-29,35-36,38,41H,12,24-25H2,1-8H3,(H,48,49,53)/t35-,36+,38-,41-,60?/m1/s1. The van der Waals surface area contributed by atoms with Crippen LogP contribution in [0.4, 0.5) is 10.3 Å². The number of fused-ring (bicyclic) bond motifs is 1. The first-order valence-corrected chi connectivity index (χ1v) is 20.7. The Kier molecular flexibility index (Phi) is 14.7. The molecular weight excluding hydrogens is 790 g/mol. The van der Waals surface area contributed by atoms with Crippen LogP contribution in [0.1, 0.15) is 57.0 Å². The number of ether oxygens (including phenoxy) is 4. The highest BCUT2D eigenvalue weighted by Gasteiger charge is 2.51. The number of nitrogens with zero attached hydrogens (tertiary/aromatic N) is 7. The SMILES string of the molecule is COc1ccc(C(OC[C@H]2O[C@@H](n3cnc4c(=O)[nH]c(N=CN(C)C)nc43)[C@@H](F)[C@@H]2OP(OCCC#N)N(C(C)C)C(C)C)(c2ccccc2)c2ccc(OC)cc2)cc1. The minimum Gasteiger partial charge on any atom is -0.497 e. The van der Waals surface area contributed by atoms with Crippen LogP contribution in [-0.2, 0) is 24.1 Å². The van der Waals surface area contributed by atoms with Crippen LogP contribution in [0.25, 0.3) is 11.2 Å². The second-order valence-electron chi connectivity index (χ2n) is 14.9. The van der Waals surface area contributed by atoms with E-state index in [2.05, 4.69) is 26.0 Å². The lowest BCUT2D eigenvalue weighted by atomic mass is 9.80. The zero-order chi connectivity index (χ0) is 43.0. The van der Waals surface area contributed by atoms with Gasteiger partial charge < -0.3 is 32.9 Å². The minimum atomic E-state index is -1.93. The summed E-state index contributed by atoms with van der Waals surface area (Å²) in [6.45, 7) is 7.91. The largest absolute Gasteiger partial charge is 0.497 e. The third-order valence-electron chi connectivity index (χ3n) is 9.88. The highest BCUT2D eigenvalue weighted by Crippen LogP contribution is 2.51. The summed E-state index contributed by atoms with van der Waals surface area (Å²) in [6.07, 6.45) is -2.59. The van der Waals surface area contributed by atoms with Crippen LogP contribution in [0, 0.1) is 11.3 Å². The third kappa shape index (κ3) is 9.52. The number of rotatable bonds is 19. The first-order chi connectivity index (χ1) is 28.9. The summed E-state index contributed by atoms with van der Waals surface area (Å²) in [5.41, 5.74) is 0.595. The molecule has 1 aliphatic heterocycles. The normalized spacial score (nSPS) is 18.8. The van der Waals surface area contributed by atoms with E-state index < -0.39 is 44.3 Å². The molecule has 0 saturated carbocycles. The Bertz CT molecular complexity index is 2230. The van der Waals surface area contributed by atoms with Crippen molar-refractivity contribution in [1.82, 2.24) is 29.1 Å². The second-order valence-corrected chi connectivity index (χ2v) is 16.3. The van der Waals surface area contributed by atoms with E-state index in [1.807, 2.05) is 111 Å². The number of nitrogens with one attached hydrogen (secondary N) is 1. The van der Waals surface area contributed by atoms with Gasteiger partial charge in [-0.05, 0) is 68.7 Å². The predicted octanol–water partition coefficient (Wildman–Crippen LogP) is 7.26.